The Morgan fingerprint density at radius 2 is 2.09 bits per heavy atom. The second-order valence-corrected chi connectivity index (χ2v) is 6.85. The Hall–Kier alpha value is -1.09. The molecule has 0 aliphatic rings. The van der Waals surface area contributed by atoms with Crippen molar-refractivity contribution in [1.82, 2.24) is 10.3 Å². The van der Waals surface area contributed by atoms with Gasteiger partial charge in [-0.3, -0.25) is 0 Å². The third-order valence-corrected chi connectivity index (χ3v) is 4.76. The molecule has 0 atom stereocenters. The van der Waals surface area contributed by atoms with E-state index in [9.17, 15) is 8.78 Å². The van der Waals surface area contributed by atoms with Crippen molar-refractivity contribution in [3.63, 3.8) is 0 Å². The first kappa shape index (κ1) is 18.3. The largest absolute Gasteiger partial charge is 0.382 e. The van der Waals surface area contributed by atoms with Crippen LogP contribution < -0.4 is 15.4 Å². The predicted molar refractivity (Wildman–Crippen MR) is 94.6 cm³/mol. The number of hydrogen-bond acceptors (Lipinski definition) is 6. The number of rotatable bonds is 9. The van der Waals surface area contributed by atoms with E-state index in [1.54, 1.807) is 0 Å². The molecule has 3 N–H and O–H groups in total. The molecule has 4 nitrogen and oxygen atoms in total. The fourth-order valence-electron chi connectivity index (χ4n) is 1.73. The highest BCUT2D eigenvalue weighted by Crippen LogP contribution is 2.32. The van der Waals surface area contributed by atoms with Gasteiger partial charge in [-0.15, -0.1) is 0 Å². The monoisotopic (exact) mass is 378 g/mol. The van der Waals surface area contributed by atoms with Gasteiger partial charge in [0.1, 0.15) is 5.82 Å². The molecule has 0 aliphatic heterocycles. The summed E-state index contributed by atoms with van der Waals surface area (Å²) in [6.45, 7) is 4.47. The Labute approximate surface area is 147 Å². The fourth-order valence-corrected chi connectivity index (χ4v) is 3.30. The van der Waals surface area contributed by atoms with Gasteiger partial charge in [0.2, 0.25) is 0 Å². The highest BCUT2D eigenvalue weighted by atomic mass is 35.5. The Balaban J connectivity index is 1.91. The zero-order valence-electron chi connectivity index (χ0n) is 12.5. The summed E-state index contributed by atoms with van der Waals surface area (Å²) < 4.78 is 29.7. The topological polar surface area (TPSA) is 49.0 Å². The first-order valence-corrected chi connectivity index (χ1v) is 9.09. The third-order valence-electron chi connectivity index (χ3n) is 2.79. The molecule has 1 heterocycles. The molecule has 1 aromatic carbocycles. The molecule has 0 fully saturated rings. The molecule has 23 heavy (non-hydrogen) atoms. The van der Waals surface area contributed by atoms with Gasteiger partial charge in [-0.05, 0) is 37.0 Å². The van der Waals surface area contributed by atoms with Crippen molar-refractivity contribution in [3.05, 3.63) is 34.3 Å². The maximum Gasteiger partial charge on any atom is 0.198 e. The molecule has 0 spiro atoms. The molecule has 0 aliphatic carbocycles. The lowest BCUT2D eigenvalue weighted by molar-refractivity contribution is 0.602. The summed E-state index contributed by atoms with van der Waals surface area (Å²) >= 11 is 8.02. The van der Waals surface area contributed by atoms with Gasteiger partial charge in [0.25, 0.3) is 0 Å². The standard InChI is InChI=1S/C14H17ClF2N4S2/c1-2-3-18-4-5-19-11-7-10(16)12(6-9(11)15)23-21-14-20-8-13(17)22-14/h6-8,18-19H,2-5H2,1H3,(H,20,21). The Kier molecular flexibility index (Phi) is 7.35. The maximum atomic E-state index is 14.1. The highest BCUT2D eigenvalue weighted by Gasteiger charge is 2.10. The van der Waals surface area contributed by atoms with Gasteiger partial charge in [0, 0.05) is 13.1 Å². The summed E-state index contributed by atoms with van der Waals surface area (Å²) in [6, 6.07) is 2.88. The van der Waals surface area contributed by atoms with E-state index in [1.807, 2.05) is 0 Å². The molecule has 1 aromatic heterocycles. The highest BCUT2D eigenvalue weighted by molar-refractivity contribution is 8.00. The third kappa shape index (κ3) is 5.80. The summed E-state index contributed by atoms with van der Waals surface area (Å²) in [6.07, 6.45) is 2.17. The first-order valence-electron chi connectivity index (χ1n) is 7.08. The molecule has 9 heteroatoms. The van der Waals surface area contributed by atoms with E-state index in [1.165, 1.54) is 12.1 Å². The number of anilines is 2. The number of aromatic nitrogens is 1. The quantitative estimate of drug-likeness (QED) is 0.439. The van der Waals surface area contributed by atoms with Gasteiger partial charge < -0.3 is 15.4 Å². The Morgan fingerprint density at radius 3 is 2.78 bits per heavy atom. The zero-order valence-corrected chi connectivity index (χ0v) is 14.8. The molecular weight excluding hydrogens is 362 g/mol. The van der Waals surface area contributed by atoms with Crippen molar-refractivity contribution in [2.24, 2.45) is 0 Å². The van der Waals surface area contributed by atoms with E-state index in [2.05, 4.69) is 27.3 Å². The van der Waals surface area contributed by atoms with Gasteiger partial charge in [-0.25, -0.2) is 9.37 Å². The number of nitrogens with zero attached hydrogens (tertiary/aromatic N) is 1. The Morgan fingerprint density at radius 1 is 1.26 bits per heavy atom. The second-order valence-electron chi connectivity index (χ2n) is 4.61. The van der Waals surface area contributed by atoms with Gasteiger partial charge in [-0.2, -0.15) is 4.39 Å². The minimum Gasteiger partial charge on any atom is -0.382 e. The number of benzene rings is 1. The number of hydrogen-bond donors (Lipinski definition) is 3. The van der Waals surface area contributed by atoms with E-state index in [0.717, 1.165) is 49.0 Å². The Bertz CT molecular complexity index is 639. The SMILES string of the molecule is CCCNCCNc1cc(F)c(SNc2ncc(F)s2)cc1Cl. The van der Waals surface area contributed by atoms with E-state index < -0.39 is 10.9 Å². The first-order chi connectivity index (χ1) is 11.1. The van der Waals surface area contributed by atoms with E-state index in [4.69, 9.17) is 11.6 Å². The van der Waals surface area contributed by atoms with Gasteiger partial charge in [0.15, 0.2) is 10.3 Å². The molecule has 0 bridgehead atoms. The van der Waals surface area contributed by atoms with E-state index in [0.29, 0.717) is 27.3 Å². The van der Waals surface area contributed by atoms with E-state index >= 15 is 0 Å². The molecule has 126 valence electrons. The van der Waals surface area contributed by atoms with Gasteiger partial charge in [-0.1, -0.05) is 29.9 Å². The van der Waals surface area contributed by atoms with Crippen LogP contribution in [0.5, 0.6) is 0 Å². The molecule has 0 saturated heterocycles. The van der Waals surface area contributed by atoms with Crippen molar-refractivity contribution in [2.45, 2.75) is 18.2 Å². The molecule has 0 unspecified atom stereocenters. The number of nitrogens with one attached hydrogen (secondary N) is 3. The lowest BCUT2D eigenvalue weighted by Crippen LogP contribution is -2.22. The van der Waals surface area contributed by atoms with Crippen molar-refractivity contribution < 1.29 is 8.78 Å². The minimum atomic E-state index is -0.409. The summed E-state index contributed by atoms with van der Waals surface area (Å²) in [5.74, 6) is -0.409. The summed E-state index contributed by atoms with van der Waals surface area (Å²) in [5.41, 5.74) is 0.548. The van der Waals surface area contributed by atoms with Crippen LogP contribution in [0.25, 0.3) is 0 Å². The van der Waals surface area contributed by atoms with Crippen LogP contribution in [0, 0.1) is 10.9 Å². The average Bonchev–Trinajstić information content (AvgIpc) is 2.94. The second kappa shape index (κ2) is 9.27. The van der Waals surface area contributed by atoms with Gasteiger partial charge >= 0.3 is 0 Å². The van der Waals surface area contributed by atoms with E-state index in [-0.39, 0.29) is 0 Å². The molecular formula is C14H17ClF2N4S2. The fraction of sp³-hybridized carbons (Fsp3) is 0.357. The van der Waals surface area contributed by atoms with Crippen LogP contribution in [0.4, 0.5) is 19.6 Å². The normalized spacial score (nSPS) is 10.8. The summed E-state index contributed by atoms with van der Waals surface area (Å²) in [4.78, 5) is 4.12. The molecule has 2 rings (SSSR count). The number of thiazole rings is 1. The van der Waals surface area contributed by atoms with Gasteiger partial charge in [0.05, 0.1) is 21.8 Å². The zero-order chi connectivity index (χ0) is 16.7. The molecule has 0 saturated carbocycles. The smallest absolute Gasteiger partial charge is 0.198 e. The lowest BCUT2D eigenvalue weighted by atomic mass is 10.3. The van der Waals surface area contributed by atoms with Crippen molar-refractivity contribution in [1.29, 1.82) is 0 Å². The summed E-state index contributed by atoms with van der Waals surface area (Å²) in [7, 11) is 0. The molecule has 0 amide bonds. The van der Waals surface area contributed by atoms with Crippen LogP contribution >= 0.6 is 34.9 Å². The molecule has 0 radical (unpaired) electrons. The lowest BCUT2D eigenvalue weighted by Gasteiger charge is -2.11. The van der Waals surface area contributed by atoms with Crippen LogP contribution in [0.2, 0.25) is 5.02 Å². The minimum absolute atomic E-state index is 0.320. The van der Waals surface area contributed by atoms with Crippen LogP contribution in [-0.4, -0.2) is 24.6 Å². The van der Waals surface area contributed by atoms with Crippen molar-refractivity contribution in [2.75, 3.05) is 29.7 Å². The van der Waals surface area contributed by atoms with Crippen LogP contribution in [0.1, 0.15) is 13.3 Å². The number of halogens is 3. The predicted octanol–water partition coefficient (Wildman–Crippen LogP) is 4.61. The maximum absolute atomic E-state index is 14.1. The average molecular weight is 379 g/mol. The van der Waals surface area contributed by atoms with Crippen molar-refractivity contribution in [3.8, 4) is 0 Å². The summed E-state index contributed by atoms with van der Waals surface area (Å²) in [5, 5.41) is 6.73. The van der Waals surface area contributed by atoms with Crippen molar-refractivity contribution >= 4 is 45.7 Å². The van der Waals surface area contributed by atoms with Crippen LogP contribution in [0.15, 0.2) is 23.2 Å². The van der Waals surface area contributed by atoms with Crippen LogP contribution in [-0.2, 0) is 0 Å². The van der Waals surface area contributed by atoms with Crippen LogP contribution in [0.3, 0.4) is 0 Å². The molecule has 2 aromatic rings.